The summed E-state index contributed by atoms with van der Waals surface area (Å²) in [5.41, 5.74) is 1.11. The van der Waals surface area contributed by atoms with Crippen molar-refractivity contribution in [1.29, 1.82) is 0 Å². The lowest BCUT2D eigenvalue weighted by Crippen LogP contribution is -2.27. The number of carbonyl (C=O) groups is 2. The van der Waals surface area contributed by atoms with E-state index in [0.29, 0.717) is 23.7 Å². The molecule has 1 heterocycles. The molecule has 1 aromatic rings. The van der Waals surface area contributed by atoms with E-state index in [1.165, 1.54) is 14.0 Å². The fraction of sp³-hybridized carbons (Fsp3) is 0.429. The van der Waals surface area contributed by atoms with Gasteiger partial charge in [0, 0.05) is 19.2 Å². The van der Waals surface area contributed by atoms with Gasteiger partial charge in [0.2, 0.25) is 5.91 Å². The number of methoxy groups -OCH3 is 1. The number of benzene rings is 1. The predicted octanol–water partition coefficient (Wildman–Crippen LogP) is 1.77. The van der Waals surface area contributed by atoms with Crippen molar-refractivity contribution in [2.24, 2.45) is 0 Å². The maximum atomic E-state index is 12.0. The minimum Gasteiger partial charge on any atom is -0.495 e. The number of nitrogens with one attached hydrogen (secondary N) is 2. The third kappa shape index (κ3) is 3.48. The van der Waals surface area contributed by atoms with E-state index in [0.717, 1.165) is 12.8 Å². The van der Waals surface area contributed by atoms with E-state index in [1.54, 1.807) is 18.2 Å². The van der Waals surface area contributed by atoms with Gasteiger partial charge >= 0.3 is 0 Å². The van der Waals surface area contributed by atoms with Crippen molar-refractivity contribution in [3.05, 3.63) is 18.2 Å². The highest BCUT2D eigenvalue weighted by Gasteiger charge is 2.24. The predicted molar refractivity (Wildman–Crippen MR) is 74.9 cm³/mol. The first-order valence-corrected chi connectivity index (χ1v) is 6.48. The smallest absolute Gasteiger partial charge is 0.253 e. The van der Waals surface area contributed by atoms with Crippen molar-refractivity contribution >= 4 is 23.2 Å². The molecule has 1 aromatic carbocycles. The molecule has 0 radical (unpaired) electrons. The first-order valence-electron chi connectivity index (χ1n) is 6.48. The number of carbonyl (C=O) groups excluding carboxylic acids is 2. The van der Waals surface area contributed by atoms with Crippen LogP contribution < -0.4 is 15.4 Å². The molecule has 6 nitrogen and oxygen atoms in total. The monoisotopic (exact) mass is 278 g/mol. The van der Waals surface area contributed by atoms with E-state index >= 15 is 0 Å². The Hall–Kier alpha value is -2.08. The van der Waals surface area contributed by atoms with Gasteiger partial charge in [-0.2, -0.15) is 0 Å². The Morgan fingerprint density at radius 3 is 2.75 bits per heavy atom. The van der Waals surface area contributed by atoms with Gasteiger partial charge in [-0.1, -0.05) is 0 Å². The summed E-state index contributed by atoms with van der Waals surface area (Å²) in [6.07, 6.45) is 1.20. The molecule has 0 spiro atoms. The Balaban J connectivity index is 2.14. The quantitative estimate of drug-likeness (QED) is 0.880. The molecular weight excluding hydrogens is 260 g/mol. The molecule has 6 heteroatoms. The minimum atomic E-state index is -0.413. The average Bonchev–Trinajstić information content (AvgIpc) is 2.92. The normalized spacial score (nSPS) is 17.6. The topological polar surface area (TPSA) is 76.7 Å². The summed E-state index contributed by atoms with van der Waals surface area (Å²) in [6.45, 7) is 2.04. The van der Waals surface area contributed by atoms with Crippen LogP contribution in [-0.4, -0.2) is 31.6 Å². The highest BCUT2D eigenvalue weighted by molar-refractivity contribution is 5.97. The number of rotatable bonds is 4. The summed E-state index contributed by atoms with van der Waals surface area (Å²) < 4.78 is 10.5. The SMILES string of the molecule is COc1ccc(NC(C)=O)cc1NC(=O)C1CCCO1. The number of ether oxygens (including phenoxy) is 2. The molecule has 0 bridgehead atoms. The number of amides is 2. The summed E-state index contributed by atoms with van der Waals surface area (Å²) >= 11 is 0. The molecule has 1 unspecified atom stereocenters. The van der Waals surface area contributed by atoms with Gasteiger partial charge in [0.15, 0.2) is 0 Å². The van der Waals surface area contributed by atoms with Gasteiger partial charge in [0.05, 0.1) is 12.8 Å². The molecule has 108 valence electrons. The lowest BCUT2D eigenvalue weighted by molar-refractivity contribution is -0.124. The minimum absolute atomic E-state index is 0.174. The molecule has 20 heavy (non-hydrogen) atoms. The van der Waals surface area contributed by atoms with Crippen LogP contribution in [0.1, 0.15) is 19.8 Å². The van der Waals surface area contributed by atoms with E-state index in [-0.39, 0.29) is 11.8 Å². The van der Waals surface area contributed by atoms with Crippen molar-refractivity contribution in [2.75, 3.05) is 24.4 Å². The second-order valence-electron chi connectivity index (χ2n) is 4.59. The third-order valence-electron chi connectivity index (χ3n) is 3.00. The Bertz CT molecular complexity index is 510. The van der Waals surface area contributed by atoms with Crippen LogP contribution in [0.15, 0.2) is 18.2 Å². The van der Waals surface area contributed by atoms with Crippen LogP contribution in [0.2, 0.25) is 0 Å². The largest absolute Gasteiger partial charge is 0.495 e. The summed E-state index contributed by atoms with van der Waals surface area (Å²) in [7, 11) is 1.52. The van der Waals surface area contributed by atoms with E-state index in [9.17, 15) is 9.59 Å². The molecule has 0 aromatic heterocycles. The molecule has 1 atom stereocenters. The van der Waals surface area contributed by atoms with Crippen LogP contribution >= 0.6 is 0 Å². The summed E-state index contributed by atoms with van der Waals surface area (Å²) in [4.78, 5) is 23.1. The van der Waals surface area contributed by atoms with E-state index in [1.807, 2.05) is 0 Å². The molecule has 2 N–H and O–H groups in total. The van der Waals surface area contributed by atoms with E-state index in [4.69, 9.17) is 9.47 Å². The Labute approximate surface area is 117 Å². The van der Waals surface area contributed by atoms with Crippen molar-refractivity contribution in [2.45, 2.75) is 25.9 Å². The molecule has 2 rings (SSSR count). The molecular formula is C14H18N2O4. The van der Waals surface area contributed by atoms with Gasteiger partial charge < -0.3 is 20.1 Å². The van der Waals surface area contributed by atoms with Crippen LogP contribution in [0.25, 0.3) is 0 Å². The second-order valence-corrected chi connectivity index (χ2v) is 4.59. The maximum Gasteiger partial charge on any atom is 0.253 e. The van der Waals surface area contributed by atoms with Crippen LogP contribution in [0.3, 0.4) is 0 Å². The molecule has 1 fully saturated rings. The van der Waals surface area contributed by atoms with E-state index in [2.05, 4.69) is 10.6 Å². The molecule has 0 saturated carbocycles. The number of hydrogen-bond donors (Lipinski definition) is 2. The Kier molecular flexibility index (Phi) is 4.57. The lowest BCUT2D eigenvalue weighted by Gasteiger charge is -2.14. The standard InChI is InChI=1S/C14H18N2O4/c1-9(17)15-10-5-6-12(19-2)11(8-10)16-14(18)13-4-3-7-20-13/h5-6,8,13H,3-4,7H2,1-2H3,(H,15,17)(H,16,18). The number of hydrogen-bond acceptors (Lipinski definition) is 4. The van der Waals surface area contributed by atoms with Crippen molar-refractivity contribution in [3.8, 4) is 5.75 Å². The van der Waals surface area contributed by atoms with Gasteiger partial charge in [0.1, 0.15) is 11.9 Å². The first kappa shape index (κ1) is 14.3. The van der Waals surface area contributed by atoms with Gasteiger partial charge in [0.25, 0.3) is 5.91 Å². The molecule has 0 aliphatic carbocycles. The highest BCUT2D eigenvalue weighted by Crippen LogP contribution is 2.28. The first-order chi connectivity index (χ1) is 9.60. The zero-order chi connectivity index (χ0) is 14.5. The average molecular weight is 278 g/mol. The van der Waals surface area contributed by atoms with Gasteiger partial charge in [-0.15, -0.1) is 0 Å². The van der Waals surface area contributed by atoms with Gasteiger partial charge in [-0.05, 0) is 31.0 Å². The molecule has 1 saturated heterocycles. The summed E-state index contributed by atoms with van der Waals surface area (Å²) in [5, 5.41) is 5.44. The fourth-order valence-electron chi connectivity index (χ4n) is 2.08. The fourth-order valence-corrected chi connectivity index (χ4v) is 2.08. The maximum absolute atomic E-state index is 12.0. The third-order valence-corrected chi connectivity index (χ3v) is 3.00. The molecule has 2 amide bonds. The summed E-state index contributed by atoms with van der Waals surface area (Å²) in [6, 6.07) is 5.06. The zero-order valence-corrected chi connectivity index (χ0v) is 11.6. The van der Waals surface area contributed by atoms with Crippen molar-refractivity contribution < 1.29 is 19.1 Å². The van der Waals surface area contributed by atoms with Crippen LogP contribution in [0, 0.1) is 0 Å². The van der Waals surface area contributed by atoms with Gasteiger partial charge in [-0.3, -0.25) is 9.59 Å². The Morgan fingerprint density at radius 2 is 2.15 bits per heavy atom. The van der Waals surface area contributed by atoms with E-state index < -0.39 is 6.10 Å². The Morgan fingerprint density at radius 1 is 1.35 bits per heavy atom. The van der Waals surface area contributed by atoms with Crippen LogP contribution in [-0.2, 0) is 14.3 Å². The zero-order valence-electron chi connectivity index (χ0n) is 11.6. The summed E-state index contributed by atoms with van der Waals surface area (Å²) in [5.74, 6) is 0.165. The second kappa shape index (κ2) is 6.38. The molecule has 1 aliphatic rings. The number of anilines is 2. The van der Waals surface area contributed by atoms with Crippen LogP contribution in [0.5, 0.6) is 5.75 Å². The van der Waals surface area contributed by atoms with Crippen molar-refractivity contribution in [1.82, 2.24) is 0 Å². The lowest BCUT2D eigenvalue weighted by atomic mass is 10.2. The van der Waals surface area contributed by atoms with Crippen molar-refractivity contribution in [3.63, 3.8) is 0 Å². The van der Waals surface area contributed by atoms with Gasteiger partial charge in [-0.25, -0.2) is 0 Å². The van der Waals surface area contributed by atoms with Crippen LogP contribution in [0.4, 0.5) is 11.4 Å². The highest BCUT2D eigenvalue weighted by atomic mass is 16.5. The molecule has 1 aliphatic heterocycles.